The maximum absolute atomic E-state index is 12.6. The van der Waals surface area contributed by atoms with Gasteiger partial charge in [-0.05, 0) is 61.1 Å². The molecule has 1 saturated carbocycles. The van der Waals surface area contributed by atoms with E-state index in [1.807, 2.05) is 31.3 Å². The van der Waals surface area contributed by atoms with Crippen LogP contribution in [0.2, 0.25) is 5.02 Å². The zero-order valence-corrected chi connectivity index (χ0v) is 23.4. The number of aromatic nitrogens is 3. The summed E-state index contributed by atoms with van der Waals surface area (Å²) in [6.07, 6.45) is 0.385. The van der Waals surface area contributed by atoms with Crippen molar-refractivity contribution in [1.29, 1.82) is 0 Å². The van der Waals surface area contributed by atoms with Crippen LogP contribution in [0.1, 0.15) is 49.3 Å². The fourth-order valence-electron chi connectivity index (χ4n) is 5.53. The first kappa shape index (κ1) is 27.8. The lowest BCUT2D eigenvalue weighted by Gasteiger charge is -2.38. The quantitative estimate of drug-likeness (QED) is 0.371. The first-order valence-electron chi connectivity index (χ1n) is 13.9. The van der Waals surface area contributed by atoms with Crippen LogP contribution in [0.4, 0.5) is 24.9 Å². The molecule has 1 aromatic carbocycles. The van der Waals surface area contributed by atoms with Gasteiger partial charge in [0, 0.05) is 63.6 Å². The summed E-state index contributed by atoms with van der Waals surface area (Å²) in [4.78, 5) is 27.8. The highest BCUT2D eigenvalue weighted by Crippen LogP contribution is 2.34. The second kappa shape index (κ2) is 11.1. The molecule has 13 heteroatoms. The van der Waals surface area contributed by atoms with Crippen molar-refractivity contribution in [2.24, 2.45) is 11.0 Å². The Morgan fingerprint density at radius 3 is 2.71 bits per heavy atom. The number of anilines is 2. The molecule has 0 spiro atoms. The Bertz CT molecular complexity index is 1450. The molecule has 2 fully saturated rings. The molecule has 9 nitrogen and oxygen atoms in total. The Hall–Kier alpha value is -3.38. The van der Waals surface area contributed by atoms with Gasteiger partial charge in [-0.1, -0.05) is 11.6 Å². The van der Waals surface area contributed by atoms with Gasteiger partial charge in [0.25, 0.3) is 0 Å². The van der Waals surface area contributed by atoms with Crippen LogP contribution in [-0.2, 0) is 4.79 Å². The number of benzene rings is 1. The largest absolute Gasteiger partial charge is 0.397 e. The molecule has 2 aliphatic heterocycles. The Kier molecular flexibility index (Phi) is 7.54. The van der Waals surface area contributed by atoms with Crippen LogP contribution in [0.3, 0.4) is 0 Å². The highest BCUT2D eigenvalue weighted by Gasteiger charge is 2.35. The number of halogens is 4. The van der Waals surface area contributed by atoms with E-state index in [1.54, 1.807) is 6.20 Å². The lowest BCUT2D eigenvalue weighted by atomic mass is 10.0. The Balaban J connectivity index is 1.09. The van der Waals surface area contributed by atoms with Crippen LogP contribution < -0.4 is 5.32 Å². The molecule has 1 amide bonds. The molecule has 6 rings (SSSR count). The molecular formula is C28H32ClF3N8O. The summed E-state index contributed by atoms with van der Waals surface area (Å²) >= 11 is 6.63. The summed E-state index contributed by atoms with van der Waals surface area (Å²) in [5.41, 5.74) is 3.58. The number of aromatic amines is 1. The van der Waals surface area contributed by atoms with Gasteiger partial charge in [0.1, 0.15) is 17.8 Å². The standard InChI is InChI=1S/C28H32ClF3N8O/c1-17(38-6-8-39(9-7-38)25(41)13-28(30,31)32)19-4-5-33-24(12-19)36-27-35-23-11-20(10-22(29)26(23)37-27)21-14-34-40(16-21)15-18-2-3-18/h4-5,10-12,14,17-18,21H,2-3,6-9,13,15-16H2,1H3,(H2,33,35,36,37). The van der Waals surface area contributed by atoms with Crippen molar-refractivity contribution in [2.45, 2.75) is 44.3 Å². The number of alkyl halides is 3. The highest BCUT2D eigenvalue weighted by molar-refractivity contribution is 6.35. The molecule has 2 atom stereocenters. The number of carbonyl (C=O) groups excluding carboxylic acids is 1. The molecule has 0 radical (unpaired) electrons. The van der Waals surface area contributed by atoms with Gasteiger partial charge in [-0.3, -0.25) is 14.7 Å². The van der Waals surface area contributed by atoms with Crippen molar-refractivity contribution < 1.29 is 18.0 Å². The fourth-order valence-corrected chi connectivity index (χ4v) is 5.80. The van der Waals surface area contributed by atoms with Crippen LogP contribution in [0.5, 0.6) is 0 Å². The molecule has 0 bridgehead atoms. The van der Waals surface area contributed by atoms with Crippen molar-refractivity contribution in [3.05, 3.63) is 46.6 Å². The maximum atomic E-state index is 12.6. The summed E-state index contributed by atoms with van der Waals surface area (Å²) in [6, 6.07) is 7.85. The van der Waals surface area contributed by atoms with E-state index < -0.39 is 18.5 Å². The van der Waals surface area contributed by atoms with Crippen molar-refractivity contribution in [2.75, 3.05) is 44.6 Å². The molecule has 2 unspecified atom stereocenters. The number of fused-ring (bicyclic) bond motifs is 1. The molecule has 1 saturated heterocycles. The van der Waals surface area contributed by atoms with E-state index in [-0.39, 0.29) is 25.0 Å². The fraction of sp³-hybridized carbons (Fsp3) is 0.500. The van der Waals surface area contributed by atoms with Gasteiger partial charge >= 0.3 is 6.18 Å². The third kappa shape index (κ3) is 6.59. The Labute approximate surface area is 240 Å². The van der Waals surface area contributed by atoms with Crippen LogP contribution in [0, 0.1) is 5.92 Å². The number of nitrogens with zero attached hydrogens (tertiary/aromatic N) is 6. The number of hydrogen-bond donors (Lipinski definition) is 2. The third-order valence-electron chi connectivity index (χ3n) is 8.05. The molecule has 2 N–H and O–H groups in total. The molecule has 2 aromatic heterocycles. The predicted octanol–water partition coefficient (Wildman–Crippen LogP) is 5.31. The van der Waals surface area contributed by atoms with E-state index in [0.29, 0.717) is 35.4 Å². The number of hydrazone groups is 1. The van der Waals surface area contributed by atoms with Gasteiger partial charge in [0.15, 0.2) is 0 Å². The first-order chi connectivity index (χ1) is 19.6. The number of pyridine rings is 1. The number of amides is 1. The summed E-state index contributed by atoms with van der Waals surface area (Å²) in [5, 5.41) is 10.5. The van der Waals surface area contributed by atoms with Gasteiger partial charge in [0.2, 0.25) is 11.9 Å². The van der Waals surface area contributed by atoms with Crippen LogP contribution in [0.15, 0.2) is 35.6 Å². The number of rotatable bonds is 8. The molecule has 218 valence electrons. The zero-order chi connectivity index (χ0) is 28.7. The molecule has 41 heavy (non-hydrogen) atoms. The lowest BCUT2D eigenvalue weighted by Crippen LogP contribution is -2.50. The van der Waals surface area contributed by atoms with Gasteiger partial charge in [-0.15, -0.1) is 0 Å². The topological polar surface area (TPSA) is 92.8 Å². The molecule has 4 heterocycles. The van der Waals surface area contributed by atoms with Crippen LogP contribution in [0.25, 0.3) is 11.0 Å². The number of carbonyl (C=O) groups is 1. The van der Waals surface area contributed by atoms with E-state index in [9.17, 15) is 18.0 Å². The second-order valence-corrected chi connectivity index (χ2v) is 11.6. The monoisotopic (exact) mass is 588 g/mol. The average Bonchev–Trinajstić information content (AvgIpc) is 3.45. The van der Waals surface area contributed by atoms with E-state index in [0.717, 1.165) is 35.7 Å². The average molecular weight is 589 g/mol. The number of piperazine rings is 1. The van der Waals surface area contributed by atoms with E-state index in [4.69, 9.17) is 11.6 Å². The molecule has 3 aromatic rings. The Morgan fingerprint density at radius 2 is 1.98 bits per heavy atom. The number of H-pyrrole nitrogens is 1. The van der Waals surface area contributed by atoms with Crippen molar-refractivity contribution in [1.82, 2.24) is 29.8 Å². The van der Waals surface area contributed by atoms with E-state index in [1.165, 1.54) is 17.7 Å². The van der Waals surface area contributed by atoms with E-state index >= 15 is 0 Å². The Morgan fingerprint density at radius 1 is 1.20 bits per heavy atom. The number of imidazole rings is 1. The van der Waals surface area contributed by atoms with Crippen LogP contribution >= 0.6 is 11.6 Å². The minimum absolute atomic E-state index is 0.0151. The maximum Gasteiger partial charge on any atom is 0.397 e. The SMILES string of the molecule is CC(c1ccnc(Nc2nc3c(Cl)cc(C4C=NN(CC5CC5)C4)cc3[nH]2)c1)N1CCN(C(=O)CC(F)(F)F)CC1. The van der Waals surface area contributed by atoms with Gasteiger partial charge in [-0.25, -0.2) is 9.97 Å². The normalized spacial score (nSPS) is 20.7. The van der Waals surface area contributed by atoms with Crippen molar-refractivity contribution >= 4 is 46.5 Å². The lowest BCUT2D eigenvalue weighted by molar-refractivity contribution is -0.162. The number of hydrogen-bond acceptors (Lipinski definition) is 7. The second-order valence-electron chi connectivity index (χ2n) is 11.2. The molecular weight excluding hydrogens is 557 g/mol. The summed E-state index contributed by atoms with van der Waals surface area (Å²) in [7, 11) is 0. The minimum atomic E-state index is -4.49. The van der Waals surface area contributed by atoms with Gasteiger partial charge < -0.3 is 15.2 Å². The van der Waals surface area contributed by atoms with Gasteiger partial charge in [0.05, 0.1) is 10.5 Å². The highest BCUT2D eigenvalue weighted by atomic mass is 35.5. The summed E-state index contributed by atoms with van der Waals surface area (Å²) in [5.74, 6) is 1.21. The van der Waals surface area contributed by atoms with Crippen LogP contribution in [-0.4, -0.2) is 87.3 Å². The predicted molar refractivity (Wildman–Crippen MR) is 151 cm³/mol. The molecule has 1 aliphatic carbocycles. The van der Waals surface area contributed by atoms with Gasteiger partial charge in [-0.2, -0.15) is 18.3 Å². The van der Waals surface area contributed by atoms with E-state index in [2.05, 4.69) is 41.3 Å². The molecule has 3 aliphatic rings. The minimum Gasteiger partial charge on any atom is -0.340 e. The third-order valence-corrected chi connectivity index (χ3v) is 8.34. The van der Waals surface area contributed by atoms with Crippen molar-refractivity contribution in [3.8, 4) is 0 Å². The smallest absolute Gasteiger partial charge is 0.340 e. The summed E-state index contributed by atoms with van der Waals surface area (Å²) < 4.78 is 37.8. The zero-order valence-electron chi connectivity index (χ0n) is 22.7. The number of nitrogens with one attached hydrogen (secondary N) is 2. The first-order valence-corrected chi connectivity index (χ1v) is 14.3. The van der Waals surface area contributed by atoms with Crippen molar-refractivity contribution in [3.63, 3.8) is 0 Å². The summed E-state index contributed by atoms with van der Waals surface area (Å²) in [6.45, 7) is 5.42.